The summed E-state index contributed by atoms with van der Waals surface area (Å²) in [5.74, 6) is -0.975. The van der Waals surface area contributed by atoms with E-state index < -0.39 is 18.0 Å². The lowest BCUT2D eigenvalue weighted by Gasteiger charge is -2.14. The van der Waals surface area contributed by atoms with Gasteiger partial charge in [-0.25, -0.2) is 4.79 Å². The molecule has 1 aromatic carbocycles. The van der Waals surface area contributed by atoms with Gasteiger partial charge >= 0.3 is 5.97 Å². The van der Waals surface area contributed by atoms with Gasteiger partial charge in [0.25, 0.3) is 5.91 Å². The van der Waals surface area contributed by atoms with Crippen molar-refractivity contribution in [3.8, 4) is 0 Å². The van der Waals surface area contributed by atoms with Gasteiger partial charge in [-0.3, -0.25) is 4.79 Å². The van der Waals surface area contributed by atoms with Gasteiger partial charge in [0.15, 0.2) is 6.10 Å². The molecule has 4 nitrogen and oxygen atoms in total. The van der Waals surface area contributed by atoms with E-state index in [1.807, 2.05) is 24.4 Å². The number of carbonyl (C=O) groups is 2. The van der Waals surface area contributed by atoms with Crippen molar-refractivity contribution in [2.75, 3.05) is 5.32 Å². The van der Waals surface area contributed by atoms with Crippen molar-refractivity contribution in [1.82, 2.24) is 0 Å². The maximum atomic E-state index is 12.1. The van der Waals surface area contributed by atoms with Gasteiger partial charge < -0.3 is 10.1 Å². The Hall–Kier alpha value is -2.11. The number of anilines is 1. The molecular formula is C17H16ClNO3S. The Kier molecular flexibility index (Phi) is 5.96. The molecule has 2 rings (SSSR count). The first kappa shape index (κ1) is 17.2. The predicted molar refractivity (Wildman–Crippen MR) is 93.7 cm³/mol. The van der Waals surface area contributed by atoms with E-state index in [-0.39, 0.29) is 0 Å². The van der Waals surface area contributed by atoms with Gasteiger partial charge in [0, 0.05) is 21.7 Å². The lowest BCUT2D eigenvalue weighted by Crippen LogP contribution is -2.29. The summed E-state index contributed by atoms with van der Waals surface area (Å²) in [6.45, 7) is 3.37. The molecule has 1 heterocycles. The Balaban J connectivity index is 1.92. The van der Waals surface area contributed by atoms with Gasteiger partial charge in [-0.15, -0.1) is 11.3 Å². The molecule has 1 amide bonds. The lowest BCUT2D eigenvalue weighted by molar-refractivity contribution is -0.148. The van der Waals surface area contributed by atoms with Gasteiger partial charge in [0.2, 0.25) is 0 Å². The molecule has 0 fully saturated rings. The highest BCUT2D eigenvalue weighted by Gasteiger charge is 2.17. The molecule has 6 heteroatoms. The number of ether oxygens (including phenoxy) is 1. The maximum Gasteiger partial charge on any atom is 0.331 e. The number of benzene rings is 1. The minimum Gasteiger partial charge on any atom is -0.449 e. The molecule has 0 unspecified atom stereocenters. The van der Waals surface area contributed by atoms with Crippen LogP contribution in [-0.4, -0.2) is 18.0 Å². The van der Waals surface area contributed by atoms with Gasteiger partial charge in [-0.1, -0.05) is 23.7 Å². The van der Waals surface area contributed by atoms with Crippen molar-refractivity contribution >= 4 is 46.6 Å². The van der Waals surface area contributed by atoms with Crippen LogP contribution in [0.25, 0.3) is 6.08 Å². The van der Waals surface area contributed by atoms with E-state index in [1.165, 1.54) is 24.3 Å². The lowest BCUT2D eigenvalue weighted by atomic mass is 10.2. The number of halogens is 1. The van der Waals surface area contributed by atoms with E-state index in [2.05, 4.69) is 5.32 Å². The minimum atomic E-state index is -0.908. The summed E-state index contributed by atoms with van der Waals surface area (Å²) >= 11 is 7.42. The van der Waals surface area contributed by atoms with Gasteiger partial charge in [-0.05, 0) is 49.1 Å². The molecule has 120 valence electrons. The van der Waals surface area contributed by atoms with Crippen LogP contribution in [0.1, 0.15) is 17.4 Å². The van der Waals surface area contributed by atoms with Crippen LogP contribution in [0.4, 0.5) is 5.69 Å². The molecule has 0 aliphatic heterocycles. The van der Waals surface area contributed by atoms with Crippen molar-refractivity contribution in [2.45, 2.75) is 20.0 Å². The van der Waals surface area contributed by atoms with Crippen LogP contribution in [0.2, 0.25) is 5.02 Å². The second-order valence-corrected chi connectivity index (χ2v) is 6.29. The summed E-state index contributed by atoms with van der Waals surface area (Å²) in [6, 6.07) is 8.97. The smallest absolute Gasteiger partial charge is 0.331 e. The van der Waals surface area contributed by atoms with E-state index in [1.54, 1.807) is 24.3 Å². The standard InChI is InChI=1S/C17H16ClNO3S/c1-11-5-6-13(18)10-15(11)19-17(21)12(2)22-16(20)8-7-14-4-3-9-23-14/h3-10,12H,1-2H3,(H,19,21)/b8-7+/t12-/m1/s1. The molecule has 1 aromatic heterocycles. The number of rotatable bonds is 5. The summed E-state index contributed by atoms with van der Waals surface area (Å²) in [5.41, 5.74) is 1.47. The number of esters is 1. The zero-order valence-electron chi connectivity index (χ0n) is 12.7. The van der Waals surface area contributed by atoms with E-state index >= 15 is 0 Å². The van der Waals surface area contributed by atoms with Crippen LogP contribution in [-0.2, 0) is 14.3 Å². The molecule has 23 heavy (non-hydrogen) atoms. The van der Waals surface area contributed by atoms with Gasteiger partial charge in [-0.2, -0.15) is 0 Å². The average molecular weight is 350 g/mol. The van der Waals surface area contributed by atoms with Crippen molar-refractivity contribution in [3.05, 3.63) is 57.3 Å². The number of nitrogens with one attached hydrogen (secondary N) is 1. The monoisotopic (exact) mass is 349 g/mol. The first-order chi connectivity index (χ1) is 11.0. The number of carbonyl (C=O) groups excluding carboxylic acids is 2. The van der Waals surface area contributed by atoms with Crippen LogP contribution < -0.4 is 5.32 Å². The minimum absolute atomic E-state index is 0.409. The summed E-state index contributed by atoms with van der Waals surface area (Å²) in [6.07, 6.45) is 2.05. The van der Waals surface area contributed by atoms with Crippen molar-refractivity contribution in [3.63, 3.8) is 0 Å². The molecule has 1 N–H and O–H groups in total. The summed E-state index contributed by atoms with van der Waals surface area (Å²) in [4.78, 5) is 24.8. The van der Waals surface area contributed by atoms with E-state index in [0.717, 1.165) is 10.4 Å². The fourth-order valence-corrected chi connectivity index (χ4v) is 2.56. The Morgan fingerprint density at radius 2 is 2.13 bits per heavy atom. The molecule has 2 aromatic rings. The zero-order valence-corrected chi connectivity index (χ0v) is 14.3. The van der Waals surface area contributed by atoms with Crippen LogP contribution in [0.3, 0.4) is 0 Å². The topological polar surface area (TPSA) is 55.4 Å². The normalized spacial score (nSPS) is 12.1. The quantitative estimate of drug-likeness (QED) is 0.647. The fourth-order valence-electron chi connectivity index (χ4n) is 1.77. The molecule has 0 bridgehead atoms. The third kappa shape index (κ3) is 5.23. The average Bonchev–Trinajstić information content (AvgIpc) is 3.02. The molecule has 0 spiro atoms. The van der Waals surface area contributed by atoms with Gasteiger partial charge in [0.1, 0.15) is 0 Å². The zero-order chi connectivity index (χ0) is 16.8. The third-order valence-electron chi connectivity index (χ3n) is 3.05. The molecule has 1 atom stereocenters. The van der Waals surface area contributed by atoms with E-state index in [9.17, 15) is 9.59 Å². The van der Waals surface area contributed by atoms with Crippen LogP contribution in [0.15, 0.2) is 41.8 Å². The predicted octanol–water partition coefficient (Wildman–Crippen LogP) is 4.29. The highest BCUT2D eigenvalue weighted by molar-refractivity contribution is 7.10. The highest BCUT2D eigenvalue weighted by Crippen LogP contribution is 2.20. The fraction of sp³-hybridized carbons (Fsp3) is 0.176. The summed E-state index contributed by atoms with van der Waals surface area (Å²) in [7, 11) is 0. The molecular weight excluding hydrogens is 334 g/mol. The van der Waals surface area contributed by atoms with Crippen LogP contribution in [0, 0.1) is 6.92 Å². The highest BCUT2D eigenvalue weighted by atomic mass is 35.5. The second-order valence-electron chi connectivity index (χ2n) is 4.88. The number of thiophene rings is 1. The number of hydrogen-bond donors (Lipinski definition) is 1. The van der Waals surface area contributed by atoms with Crippen LogP contribution >= 0.6 is 22.9 Å². The Labute approximate surface area is 143 Å². The SMILES string of the molecule is Cc1ccc(Cl)cc1NC(=O)[C@@H](C)OC(=O)/C=C/c1cccs1. The summed E-state index contributed by atoms with van der Waals surface area (Å²) < 4.78 is 5.09. The molecule has 0 aliphatic carbocycles. The van der Waals surface area contributed by atoms with Gasteiger partial charge in [0.05, 0.1) is 0 Å². The molecule has 0 saturated heterocycles. The molecule has 0 aliphatic rings. The van der Waals surface area contributed by atoms with Crippen molar-refractivity contribution in [2.24, 2.45) is 0 Å². The number of aryl methyl sites for hydroxylation is 1. The number of hydrogen-bond acceptors (Lipinski definition) is 4. The molecule has 0 saturated carbocycles. The van der Waals surface area contributed by atoms with Crippen molar-refractivity contribution in [1.29, 1.82) is 0 Å². The van der Waals surface area contributed by atoms with E-state index in [0.29, 0.717) is 10.7 Å². The Morgan fingerprint density at radius 1 is 1.35 bits per heavy atom. The van der Waals surface area contributed by atoms with Crippen LogP contribution in [0.5, 0.6) is 0 Å². The Bertz CT molecular complexity index is 725. The van der Waals surface area contributed by atoms with Crippen molar-refractivity contribution < 1.29 is 14.3 Å². The largest absolute Gasteiger partial charge is 0.449 e. The second kappa shape index (κ2) is 7.94. The number of amides is 1. The summed E-state index contributed by atoms with van der Waals surface area (Å²) in [5, 5.41) is 5.14. The first-order valence-corrected chi connectivity index (χ1v) is 8.20. The maximum absolute atomic E-state index is 12.1. The Morgan fingerprint density at radius 3 is 2.83 bits per heavy atom. The molecule has 0 radical (unpaired) electrons. The first-order valence-electron chi connectivity index (χ1n) is 6.95. The van der Waals surface area contributed by atoms with E-state index in [4.69, 9.17) is 16.3 Å². The third-order valence-corrected chi connectivity index (χ3v) is 4.12.